The van der Waals surface area contributed by atoms with Crippen LogP contribution in [0.15, 0.2) is 65.8 Å². The van der Waals surface area contributed by atoms with Gasteiger partial charge in [-0.2, -0.15) is 0 Å². The number of nitrogens with zero attached hydrogens (tertiary/aromatic N) is 2. The molecule has 0 unspecified atom stereocenters. The van der Waals surface area contributed by atoms with Crippen LogP contribution in [0, 0.1) is 0 Å². The summed E-state index contributed by atoms with van der Waals surface area (Å²) in [5.41, 5.74) is 6.96. The second-order valence-corrected chi connectivity index (χ2v) is 3.77. The third-order valence-corrected chi connectivity index (χ3v) is 2.66. The Bertz CT molecular complexity index is 571. The van der Waals surface area contributed by atoms with Crippen molar-refractivity contribution in [2.75, 3.05) is 0 Å². The summed E-state index contributed by atoms with van der Waals surface area (Å²) in [6.07, 6.45) is 0. The largest absolute Gasteiger partial charge is 0.331 e. The molecular weight excluding hydrogens is 210 g/mol. The van der Waals surface area contributed by atoms with E-state index in [0.717, 1.165) is 22.5 Å². The summed E-state index contributed by atoms with van der Waals surface area (Å²) in [5, 5.41) is 8.06. The summed E-state index contributed by atoms with van der Waals surface area (Å²) in [5.74, 6) is 0. The van der Waals surface area contributed by atoms with Crippen LogP contribution in [-0.4, -0.2) is 0 Å². The first-order chi connectivity index (χ1) is 8.45. The minimum Gasteiger partial charge on any atom is -0.0680 e. The Labute approximate surface area is 99.5 Å². The lowest BCUT2D eigenvalue weighted by Crippen LogP contribution is -2.08. The fraction of sp³-hybridized carbons (Fsp3) is 0. The zero-order valence-electron chi connectivity index (χ0n) is 9.17. The second kappa shape index (κ2) is 4.22. The zero-order valence-corrected chi connectivity index (χ0v) is 9.17. The molecule has 0 spiro atoms. The van der Waals surface area contributed by atoms with Crippen molar-refractivity contribution in [3.63, 3.8) is 0 Å². The third-order valence-electron chi connectivity index (χ3n) is 2.66. The summed E-state index contributed by atoms with van der Waals surface area (Å²) >= 11 is 0. The SMILES string of the molecule is c1ccc(C2=C(c3ccccc3)N[N+]=N2)cc1. The van der Waals surface area contributed by atoms with E-state index >= 15 is 0 Å². The number of hydrogen-bond donors (Lipinski definition) is 1. The zero-order chi connectivity index (χ0) is 11.5. The Morgan fingerprint density at radius 2 is 1.35 bits per heavy atom. The van der Waals surface area contributed by atoms with Gasteiger partial charge in [0.25, 0.3) is 0 Å². The molecule has 2 aromatic carbocycles. The highest BCUT2D eigenvalue weighted by atomic mass is 15.5. The van der Waals surface area contributed by atoms with Gasteiger partial charge in [0.15, 0.2) is 5.70 Å². The van der Waals surface area contributed by atoms with E-state index < -0.39 is 0 Å². The maximum absolute atomic E-state index is 4.16. The van der Waals surface area contributed by atoms with Crippen molar-refractivity contribution in [1.29, 1.82) is 0 Å². The third kappa shape index (κ3) is 1.83. The first-order valence-electron chi connectivity index (χ1n) is 5.47. The number of nitrogens with one attached hydrogen (secondary N) is 1. The van der Waals surface area contributed by atoms with Crippen LogP contribution in [-0.2, 0) is 0 Å². The molecule has 0 amide bonds. The quantitative estimate of drug-likeness (QED) is 0.832. The summed E-state index contributed by atoms with van der Waals surface area (Å²) in [6, 6.07) is 20.1. The maximum atomic E-state index is 4.16. The van der Waals surface area contributed by atoms with Crippen molar-refractivity contribution >= 4 is 11.4 Å². The van der Waals surface area contributed by atoms with Gasteiger partial charge in [-0.1, -0.05) is 66.1 Å². The van der Waals surface area contributed by atoms with E-state index in [-0.39, 0.29) is 0 Å². The lowest BCUT2D eigenvalue weighted by atomic mass is 10.1. The first-order valence-corrected chi connectivity index (χ1v) is 5.47. The normalized spacial score (nSPS) is 13.9. The topological polar surface area (TPSA) is 38.5 Å². The van der Waals surface area contributed by atoms with Crippen LogP contribution in [0.5, 0.6) is 0 Å². The molecule has 2 aromatic rings. The highest BCUT2D eigenvalue weighted by molar-refractivity contribution is 5.89. The van der Waals surface area contributed by atoms with Gasteiger partial charge in [0.2, 0.25) is 0 Å². The van der Waals surface area contributed by atoms with Gasteiger partial charge >= 0.3 is 5.22 Å². The number of benzene rings is 2. The van der Waals surface area contributed by atoms with Gasteiger partial charge in [-0.05, 0) is 0 Å². The van der Waals surface area contributed by atoms with E-state index in [0.29, 0.717) is 0 Å². The average Bonchev–Trinajstić information content (AvgIpc) is 2.90. The van der Waals surface area contributed by atoms with Gasteiger partial charge in [-0.15, -0.1) is 0 Å². The summed E-state index contributed by atoms with van der Waals surface area (Å²) < 4.78 is 0. The molecule has 1 radical (unpaired) electrons. The van der Waals surface area contributed by atoms with E-state index in [4.69, 9.17) is 0 Å². The molecule has 0 fully saturated rings. The van der Waals surface area contributed by atoms with Crippen LogP contribution in [0.25, 0.3) is 11.4 Å². The summed E-state index contributed by atoms with van der Waals surface area (Å²) in [4.78, 5) is 0. The molecule has 0 bridgehead atoms. The van der Waals surface area contributed by atoms with Crippen molar-refractivity contribution < 1.29 is 0 Å². The Hall–Kier alpha value is -2.42. The molecule has 3 nitrogen and oxygen atoms in total. The molecule has 0 saturated carbocycles. The van der Waals surface area contributed by atoms with Gasteiger partial charge < -0.3 is 0 Å². The van der Waals surface area contributed by atoms with E-state index in [2.05, 4.69) is 15.8 Å². The predicted octanol–water partition coefficient (Wildman–Crippen LogP) is 2.82. The van der Waals surface area contributed by atoms with E-state index in [1.165, 1.54) is 0 Å². The van der Waals surface area contributed by atoms with Crippen LogP contribution in [0.3, 0.4) is 0 Å². The summed E-state index contributed by atoms with van der Waals surface area (Å²) in [6.45, 7) is 0. The molecule has 1 aliphatic heterocycles. The van der Waals surface area contributed by atoms with Crippen molar-refractivity contribution in [3.8, 4) is 0 Å². The molecule has 1 aliphatic rings. The lowest BCUT2D eigenvalue weighted by Gasteiger charge is -2.00. The van der Waals surface area contributed by atoms with Gasteiger partial charge in [-0.3, -0.25) is 0 Å². The molecule has 81 valence electrons. The van der Waals surface area contributed by atoms with Gasteiger partial charge in [-0.25, -0.2) is 0 Å². The average molecular weight is 221 g/mol. The molecule has 1 N–H and O–H groups in total. The monoisotopic (exact) mass is 221 g/mol. The fourth-order valence-corrected chi connectivity index (χ4v) is 1.83. The minimum atomic E-state index is 0.886. The molecule has 3 heteroatoms. The standard InChI is InChI=1S/C14H11N3/c1-3-7-11(8-4-1)13-14(16-17-15-13)12-9-5-2-6-10-12/h1-10H,(H,15,16)/q+1. The molecule has 0 saturated heterocycles. The maximum Gasteiger partial charge on any atom is 0.331 e. The number of hydrogen-bond acceptors (Lipinski definition) is 3. The molecule has 0 aliphatic carbocycles. The van der Waals surface area contributed by atoms with Crippen LogP contribution < -0.4 is 10.6 Å². The van der Waals surface area contributed by atoms with Gasteiger partial charge in [0.1, 0.15) is 10.8 Å². The van der Waals surface area contributed by atoms with Gasteiger partial charge in [0, 0.05) is 11.1 Å². The Kier molecular flexibility index (Phi) is 2.43. The molecule has 1 heterocycles. The molecule has 17 heavy (non-hydrogen) atoms. The number of rotatable bonds is 2. The Morgan fingerprint density at radius 3 is 2.00 bits per heavy atom. The molecule has 3 rings (SSSR count). The minimum absolute atomic E-state index is 0.886. The summed E-state index contributed by atoms with van der Waals surface area (Å²) in [7, 11) is 0. The molecule has 0 atom stereocenters. The fourth-order valence-electron chi connectivity index (χ4n) is 1.83. The highest BCUT2D eigenvalue weighted by Crippen LogP contribution is 2.26. The van der Waals surface area contributed by atoms with Crippen molar-refractivity contribution in [1.82, 2.24) is 10.6 Å². The van der Waals surface area contributed by atoms with E-state index in [9.17, 15) is 0 Å². The highest BCUT2D eigenvalue weighted by Gasteiger charge is 2.23. The van der Waals surface area contributed by atoms with Crippen LogP contribution in [0.1, 0.15) is 11.1 Å². The second-order valence-electron chi connectivity index (χ2n) is 3.77. The van der Waals surface area contributed by atoms with Crippen molar-refractivity contribution in [2.24, 2.45) is 5.11 Å². The van der Waals surface area contributed by atoms with Crippen LogP contribution in [0.4, 0.5) is 0 Å². The molecular formula is C14H11N3+. The smallest absolute Gasteiger partial charge is 0.0680 e. The van der Waals surface area contributed by atoms with E-state index in [1.54, 1.807) is 0 Å². The van der Waals surface area contributed by atoms with Crippen LogP contribution in [0.2, 0.25) is 0 Å². The van der Waals surface area contributed by atoms with Crippen molar-refractivity contribution in [3.05, 3.63) is 71.8 Å². The Morgan fingerprint density at radius 1 is 0.765 bits per heavy atom. The van der Waals surface area contributed by atoms with Crippen LogP contribution >= 0.6 is 0 Å². The lowest BCUT2D eigenvalue weighted by molar-refractivity contribution is 0.822. The molecule has 0 aromatic heterocycles. The van der Waals surface area contributed by atoms with Gasteiger partial charge in [0.05, 0.1) is 0 Å². The van der Waals surface area contributed by atoms with Crippen molar-refractivity contribution in [2.45, 2.75) is 0 Å². The van der Waals surface area contributed by atoms with E-state index in [1.807, 2.05) is 60.7 Å². The Balaban J connectivity index is 2.10. The predicted molar refractivity (Wildman–Crippen MR) is 67.4 cm³/mol. The first kappa shape index (κ1) is 9.78.